The third-order valence-corrected chi connectivity index (χ3v) is 7.12. The van der Waals surface area contributed by atoms with Crippen LogP contribution in [0.4, 0.5) is 0 Å². The van der Waals surface area contributed by atoms with Gasteiger partial charge in [0.15, 0.2) is 6.23 Å². The van der Waals surface area contributed by atoms with Crippen molar-refractivity contribution in [1.29, 1.82) is 0 Å². The van der Waals surface area contributed by atoms with Gasteiger partial charge < -0.3 is 27.9 Å². The zero-order chi connectivity index (χ0) is 26.1. The topological polar surface area (TPSA) is 101 Å². The van der Waals surface area contributed by atoms with Crippen molar-refractivity contribution in [2.75, 3.05) is 40.9 Å². The van der Waals surface area contributed by atoms with Gasteiger partial charge in [-0.2, -0.15) is 0 Å². The van der Waals surface area contributed by atoms with Crippen LogP contribution in [0.3, 0.4) is 0 Å². The monoisotopic (exact) mass is 674 g/mol. The number of hydrogen-bond acceptors (Lipinski definition) is 8. The molecule has 0 rings (SSSR count). The number of esters is 2. The van der Waals surface area contributed by atoms with Gasteiger partial charge in [0.05, 0.1) is 0 Å². The molecular formula is C16H35Br2Cl3O8Si2. The lowest BCUT2D eigenvalue weighted by Gasteiger charge is -2.25. The van der Waals surface area contributed by atoms with Gasteiger partial charge in [0.1, 0.15) is 14.9 Å². The minimum absolute atomic E-state index is 0.00433. The molecule has 0 saturated heterocycles. The molecule has 1 N–H and O–H groups in total. The second-order valence-corrected chi connectivity index (χ2v) is 21.9. The van der Waals surface area contributed by atoms with E-state index in [0.717, 1.165) is 7.11 Å². The highest BCUT2D eigenvalue weighted by Gasteiger charge is 2.41. The first kappa shape index (κ1) is 39.3. The minimum atomic E-state index is -2.85. The molecule has 0 aliphatic carbocycles. The van der Waals surface area contributed by atoms with Gasteiger partial charge in [0.25, 0.3) is 0 Å². The Kier molecular flexibility index (Phi) is 24.5. The van der Waals surface area contributed by atoms with E-state index in [1.165, 1.54) is 21.3 Å². The molecule has 0 radical (unpaired) electrons. The highest BCUT2D eigenvalue weighted by atomic mass is 79.9. The van der Waals surface area contributed by atoms with E-state index in [2.05, 4.69) is 31.9 Å². The van der Waals surface area contributed by atoms with Crippen LogP contribution < -0.4 is 0 Å². The SMILES string of the molecule is CC.CC(C)(Br)C(=O)OC[Si](Cl)(Cl)Cl.CO.CO[Si](COC(=O)C(C)(C)Br)(OC)OC. The van der Waals surface area contributed by atoms with E-state index in [1.807, 2.05) is 13.8 Å². The Balaban J connectivity index is -0.000000206. The summed E-state index contributed by atoms with van der Waals surface area (Å²) in [7, 11) is 2.57. The van der Waals surface area contributed by atoms with Crippen LogP contribution in [0, 0.1) is 0 Å². The third-order valence-electron chi connectivity index (χ3n) is 2.65. The van der Waals surface area contributed by atoms with Gasteiger partial charge >= 0.3 is 26.7 Å². The van der Waals surface area contributed by atoms with Crippen molar-refractivity contribution in [1.82, 2.24) is 0 Å². The van der Waals surface area contributed by atoms with Crippen molar-refractivity contribution in [3.05, 3.63) is 0 Å². The van der Waals surface area contributed by atoms with E-state index in [0.29, 0.717) is 0 Å². The second kappa shape index (κ2) is 19.4. The summed E-state index contributed by atoms with van der Waals surface area (Å²) in [5, 5.41) is 7.00. The minimum Gasteiger partial charge on any atom is -0.464 e. The summed E-state index contributed by atoms with van der Waals surface area (Å²) in [6.45, 7) is 10.7. The summed E-state index contributed by atoms with van der Waals surface area (Å²) < 4.78 is 23.7. The summed E-state index contributed by atoms with van der Waals surface area (Å²) in [6.07, 6.45) is -0.101. The summed E-state index contributed by atoms with van der Waals surface area (Å²) >= 11 is 22.8. The number of carbonyl (C=O) groups is 2. The molecule has 0 unspecified atom stereocenters. The van der Waals surface area contributed by atoms with Crippen molar-refractivity contribution in [2.45, 2.75) is 50.2 Å². The molecular weight excluding hydrogens is 643 g/mol. The van der Waals surface area contributed by atoms with Crippen molar-refractivity contribution < 1.29 is 37.4 Å². The number of alkyl halides is 2. The van der Waals surface area contributed by atoms with E-state index >= 15 is 0 Å². The highest BCUT2D eigenvalue weighted by Crippen LogP contribution is 2.23. The molecule has 0 aromatic heterocycles. The maximum absolute atomic E-state index is 11.4. The van der Waals surface area contributed by atoms with Gasteiger partial charge in [-0.05, 0) is 27.7 Å². The van der Waals surface area contributed by atoms with Crippen LogP contribution in [-0.4, -0.2) is 81.4 Å². The molecule has 0 aliphatic rings. The van der Waals surface area contributed by atoms with Gasteiger partial charge in [0, 0.05) is 28.4 Å². The zero-order valence-corrected chi connectivity index (χ0v) is 27.0. The molecule has 0 heterocycles. The normalized spacial score (nSPS) is 11.5. The Morgan fingerprint density at radius 2 is 1.03 bits per heavy atom. The van der Waals surface area contributed by atoms with Gasteiger partial charge in [0.2, 0.25) is 0 Å². The number of aliphatic hydroxyl groups is 1. The predicted molar refractivity (Wildman–Crippen MR) is 138 cm³/mol. The lowest BCUT2D eigenvalue weighted by molar-refractivity contribution is -0.145. The molecule has 0 aromatic carbocycles. The fraction of sp³-hybridized carbons (Fsp3) is 0.875. The molecule has 0 aromatic rings. The summed E-state index contributed by atoms with van der Waals surface area (Å²) in [6, 6.07) is -2.85. The number of halogens is 5. The number of rotatable bonds is 9. The smallest absolute Gasteiger partial charge is 0.464 e. The average molecular weight is 678 g/mol. The van der Waals surface area contributed by atoms with E-state index in [1.54, 1.807) is 27.7 Å². The molecule has 0 spiro atoms. The summed E-state index contributed by atoms with van der Waals surface area (Å²) in [5.74, 6) is -0.813. The molecule has 190 valence electrons. The molecule has 0 saturated carbocycles. The van der Waals surface area contributed by atoms with Gasteiger partial charge in [-0.1, -0.05) is 45.7 Å². The van der Waals surface area contributed by atoms with Gasteiger partial charge in [-0.15, -0.1) is 33.2 Å². The van der Waals surface area contributed by atoms with Crippen LogP contribution in [0.15, 0.2) is 0 Å². The van der Waals surface area contributed by atoms with Crippen molar-refractivity contribution in [3.63, 3.8) is 0 Å². The van der Waals surface area contributed by atoms with Crippen LogP contribution in [0.5, 0.6) is 0 Å². The standard InChI is InChI=1S/C8H17BrO5Si.C5H8BrCl3O2Si.C2H6.CH4O/c1-8(2,9)7(10)14-6-15(11-3,12-4)13-5;1-5(2,6)4(10)11-3-12(7,8)9;2*1-2/h6H2,1-5H3;3H2,1-2H3;1-2H3;2H,1H3. The van der Waals surface area contributed by atoms with Gasteiger partial charge in [-0.3, -0.25) is 9.59 Å². The van der Waals surface area contributed by atoms with Crippen LogP contribution in [0.2, 0.25) is 0 Å². The molecule has 15 heteroatoms. The van der Waals surface area contributed by atoms with E-state index in [4.69, 9.17) is 61.1 Å². The average Bonchev–Trinajstić information content (AvgIpc) is 2.69. The van der Waals surface area contributed by atoms with Crippen molar-refractivity contribution in [2.24, 2.45) is 0 Å². The lowest BCUT2D eigenvalue weighted by atomic mass is 10.2. The highest BCUT2D eigenvalue weighted by molar-refractivity contribution is 9.10. The fourth-order valence-electron chi connectivity index (χ4n) is 1.07. The van der Waals surface area contributed by atoms with Crippen LogP contribution >= 0.6 is 65.1 Å². The van der Waals surface area contributed by atoms with Crippen molar-refractivity contribution >= 4 is 91.8 Å². The van der Waals surface area contributed by atoms with Crippen molar-refractivity contribution in [3.8, 4) is 0 Å². The predicted octanol–water partition coefficient (Wildman–Crippen LogP) is 4.65. The van der Waals surface area contributed by atoms with Crippen LogP contribution in [-0.2, 0) is 32.3 Å². The first-order chi connectivity index (χ1) is 13.9. The second-order valence-electron chi connectivity index (χ2n) is 6.01. The maximum atomic E-state index is 11.4. The van der Waals surface area contributed by atoms with E-state index < -0.39 is 29.4 Å². The molecule has 0 aliphatic heterocycles. The summed E-state index contributed by atoms with van der Waals surface area (Å²) in [5.41, 5.74) is 0. The Bertz CT molecular complexity index is 473. The molecule has 0 fully saturated rings. The van der Waals surface area contributed by atoms with E-state index in [-0.39, 0.29) is 18.4 Å². The van der Waals surface area contributed by atoms with E-state index in [9.17, 15) is 9.59 Å². The Labute approximate surface area is 219 Å². The molecule has 0 atom stereocenters. The van der Waals surface area contributed by atoms with Gasteiger partial charge in [-0.25, -0.2) is 0 Å². The summed E-state index contributed by atoms with van der Waals surface area (Å²) in [4.78, 5) is 22.5. The maximum Gasteiger partial charge on any atom is 0.539 e. The molecule has 0 amide bonds. The first-order valence-electron chi connectivity index (χ1n) is 8.83. The molecule has 8 nitrogen and oxygen atoms in total. The lowest BCUT2D eigenvalue weighted by Crippen LogP contribution is -2.49. The molecule has 0 bridgehead atoms. The zero-order valence-electron chi connectivity index (χ0n) is 19.6. The number of ether oxygens (including phenoxy) is 2. The Morgan fingerprint density at radius 3 is 1.23 bits per heavy atom. The Morgan fingerprint density at radius 1 is 0.774 bits per heavy atom. The van der Waals surface area contributed by atoms with Crippen LogP contribution in [0.25, 0.3) is 0 Å². The largest absolute Gasteiger partial charge is 0.539 e. The molecule has 31 heavy (non-hydrogen) atoms. The fourth-order valence-corrected chi connectivity index (χ4v) is 3.25. The quantitative estimate of drug-likeness (QED) is 0.163. The van der Waals surface area contributed by atoms with Crippen LogP contribution in [0.1, 0.15) is 41.5 Å². The number of aliphatic hydroxyl groups excluding tert-OH is 1. The number of hydrogen-bond donors (Lipinski definition) is 1. The Hall–Kier alpha value is 1.04. The number of carbonyl (C=O) groups excluding carboxylic acids is 2. The first-order valence-corrected chi connectivity index (χ1v) is 17.6. The third kappa shape index (κ3) is 22.6.